The van der Waals surface area contributed by atoms with Crippen molar-refractivity contribution in [1.82, 2.24) is 9.88 Å². The maximum Gasteiger partial charge on any atom is 0.224 e. The molecule has 1 saturated heterocycles. The van der Waals surface area contributed by atoms with Gasteiger partial charge in [-0.1, -0.05) is 6.07 Å². The molecule has 110 valence electrons. The normalized spacial score (nSPS) is 22.2. The van der Waals surface area contributed by atoms with Crippen LogP contribution in [0, 0.1) is 5.92 Å². The zero-order chi connectivity index (χ0) is 14.4. The minimum absolute atomic E-state index is 0.145. The maximum absolute atomic E-state index is 12.1. The summed E-state index contributed by atoms with van der Waals surface area (Å²) in [5.41, 5.74) is 1.04. The Morgan fingerprint density at radius 3 is 2.85 bits per heavy atom. The van der Waals surface area contributed by atoms with E-state index in [0.29, 0.717) is 32.1 Å². The lowest BCUT2D eigenvalue weighted by Crippen LogP contribution is -2.30. The summed E-state index contributed by atoms with van der Waals surface area (Å²) in [4.78, 5) is 18.5. The Morgan fingerprint density at radius 2 is 2.20 bits per heavy atom. The molecule has 1 amide bonds. The number of amides is 1. The topological polar surface area (TPSA) is 51.7 Å². The van der Waals surface area contributed by atoms with Gasteiger partial charge >= 0.3 is 0 Å². The van der Waals surface area contributed by atoms with E-state index in [9.17, 15) is 4.79 Å². The van der Waals surface area contributed by atoms with Crippen molar-refractivity contribution < 1.29 is 14.3 Å². The summed E-state index contributed by atoms with van der Waals surface area (Å²) >= 11 is 0. The fraction of sp³-hybridized carbons (Fsp3) is 0.600. The Hall–Kier alpha value is -1.46. The van der Waals surface area contributed by atoms with Crippen LogP contribution in [0.5, 0.6) is 0 Å². The van der Waals surface area contributed by atoms with Crippen molar-refractivity contribution >= 4 is 5.91 Å². The molecule has 2 atom stereocenters. The first-order chi connectivity index (χ1) is 9.76. The van der Waals surface area contributed by atoms with Crippen molar-refractivity contribution in [2.75, 3.05) is 40.5 Å². The summed E-state index contributed by atoms with van der Waals surface area (Å²) in [7, 11) is 3.31. The van der Waals surface area contributed by atoms with E-state index in [0.717, 1.165) is 12.2 Å². The quantitative estimate of drug-likeness (QED) is 0.787. The first kappa shape index (κ1) is 14.9. The number of hydrogen-bond donors (Lipinski definition) is 0. The molecule has 5 heteroatoms. The van der Waals surface area contributed by atoms with Crippen LogP contribution in [-0.2, 0) is 14.3 Å². The van der Waals surface area contributed by atoms with E-state index in [4.69, 9.17) is 9.47 Å². The van der Waals surface area contributed by atoms with Crippen molar-refractivity contribution in [3.05, 3.63) is 30.1 Å². The monoisotopic (exact) mass is 278 g/mol. The molecule has 0 aliphatic carbocycles. The highest BCUT2D eigenvalue weighted by atomic mass is 16.5. The minimum Gasteiger partial charge on any atom is -0.384 e. The summed E-state index contributed by atoms with van der Waals surface area (Å²) < 4.78 is 10.3. The molecule has 1 fully saturated rings. The molecule has 0 N–H and O–H groups in total. The third-order valence-electron chi connectivity index (χ3n) is 3.76. The number of rotatable bonds is 6. The molecule has 1 aromatic rings. The lowest BCUT2D eigenvalue weighted by molar-refractivity contribution is -0.131. The SMILES string of the molecule is COCCC(=O)N1C[C@@H](COC)[C@H](c2ccccn2)C1. The Balaban J connectivity index is 2.05. The minimum atomic E-state index is 0.145. The Bertz CT molecular complexity index is 424. The molecule has 1 aromatic heterocycles. The van der Waals surface area contributed by atoms with Crippen LogP contribution in [0.15, 0.2) is 24.4 Å². The van der Waals surface area contributed by atoms with Gasteiger partial charge in [0.1, 0.15) is 0 Å². The van der Waals surface area contributed by atoms with Gasteiger partial charge in [0.2, 0.25) is 5.91 Å². The van der Waals surface area contributed by atoms with Crippen LogP contribution in [-0.4, -0.2) is 56.3 Å². The Kier molecular flexibility index (Phi) is 5.49. The van der Waals surface area contributed by atoms with Gasteiger partial charge in [-0.15, -0.1) is 0 Å². The molecule has 0 bridgehead atoms. The van der Waals surface area contributed by atoms with Gasteiger partial charge in [-0.25, -0.2) is 0 Å². The van der Waals surface area contributed by atoms with Gasteiger partial charge in [0.25, 0.3) is 0 Å². The van der Waals surface area contributed by atoms with Gasteiger partial charge in [0, 0.05) is 51.0 Å². The maximum atomic E-state index is 12.1. The molecule has 1 aliphatic rings. The molecule has 0 unspecified atom stereocenters. The largest absolute Gasteiger partial charge is 0.384 e. The highest BCUT2D eigenvalue weighted by Gasteiger charge is 2.36. The standard InChI is InChI=1S/C15H22N2O3/c1-19-8-6-15(18)17-9-12(11-20-2)13(10-17)14-5-3-4-7-16-14/h3-5,7,12-13H,6,8-11H2,1-2H3/t12-,13+/m0/s1. The molecule has 1 aliphatic heterocycles. The van der Waals surface area contributed by atoms with Gasteiger partial charge in [-0.2, -0.15) is 0 Å². The summed E-state index contributed by atoms with van der Waals surface area (Å²) in [6.45, 7) is 2.57. The van der Waals surface area contributed by atoms with Gasteiger partial charge in [-0.3, -0.25) is 9.78 Å². The average molecular weight is 278 g/mol. The predicted octanol–water partition coefficient (Wildman–Crippen LogP) is 1.31. The molecule has 20 heavy (non-hydrogen) atoms. The highest BCUT2D eigenvalue weighted by molar-refractivity contribution is 5.76. The molecule has 0 aromatic carbocycles. The fourth-order valence-corrected chi connectivity index (χ4v) is 2.74. The van der Waals surface area contributed by atoms with Crippen molar-refractivity contribution in [1.29, 1.82) is 0 Å². The first-order valence-electron chi connectivity index (χ1n) is 6.92. The van der Waals surface area contributed by atoms with Crippen LogP contribution in [0.1, 0.15) is 18.0 Å². The van der Waals surface area contributed by atoms with E-state index in [1.165, 1.54) is 0 Å². The third kappa shape index (κ3) is 3.55. The van der Waals surface area contributed by atoms with Crippen LogP contribution in [0.2, 0.25) is 0 Å². The second kappa shape index (κ2) is 7.36. The van der Waals surface area contributed by atoms with E-state index in [1.807, 2.05) is 23.1 Å². The van der Waals surface area contributed by atoms with Crippen molar-refractivity contribution in [2.45, 2.75) is 12.3 Å². The molecule has 0 spiro atoms. The number of likely N-dealkylation sites (tertiary alicyclic amines) is 1. The summed E-state index contributed by atoms with van der Waals surface area (Å²) in [5.74, 6) is 0.704. The van der Waals surface area contributed by atoms with Gasteiger partial charge < -0.3 is 14.4 Å². The molecular formula is C15H22N2O3. The molecule has 2 rings (SSSR count). The highest BCUT2D eigenvalue weighted by Crippen LogP contribution is 2.32. The summed E-state index contributed by atoms with van der Waals surface area (Å²) in [6, 6.07) is 5.92. The Labute approximate surface area is 119 Å². The molecule has 0 saturated carbocycles. The second-order valence-corrected chi connectivity index (χ2v) is 5.12. The second-order valence-electron chi connectivity index (χ2n) is 5.12. The number of ether oxygens (including phenoxy) is 2. The fourth-order valence-electron chi connectivity index (χ4n) is 2.74. The molecule has 5 nitrogen and oxygen atoms in total. The smallest absolute Gasteiger partial charge is 0.224 e. The van der Waals surface area contributed by atoms with Crippen molar-refractivity contribution in [2.24, 2.45) is 5.92 Å². The number of carbonyl (C=O) groups excluding carboxylic acids is 1. The first-order valence-corrected chi connectivity index (χ1v) is 6.92. The number of methoxy groups -OCH3 is 2. The van der Waals surface area contributed by atoms with Crippen molar-refractivity contribution in [3.8, 4) is 0 Å². The third-order valence-corrected chi connectivity index (χ3v) is 3.76. The van der Waals surface area contributed by atoms with Crippen LogP contribution in [0.4, 0.5) is 0 Å². The number of carbonyl (C=O) groups is 1. The average Bonchev–Trinajstić information content (AvgIpc) is 2.90. The van der Waals surface area contributed by atoms with Crippen LogP contribution in [0.25, 0.3) is 0 Å². The van der Waals surface area contributed by atoms with E-state index < -0.39 is 0 Å². The molecule has 0 radical (unpaired) electrons. The van der Waals surface area contributed by atoms with Gasteiger partial charge in [0.15, 0.2) is 0 Å². The number of hydrogen-bond acceptors (Lipinski definition) is 4. The van der Waals surface area contributed by atoms with Crippen LogP contribution >= 0.6 is 0 Å². The molecular weight excluding hydrogens is 256 g/mol. The lowest BCUT2D eigenvalue weighted by atomic mass is 9.93. The number of pyridine rings is 1. The van der Waals surface area contributed by atoms with Crippen LogP contribution < -0.4 is 0 Å². The number of nitrogens with zero attached hydrogens (tertiary/aromatic N) is 2. The Morgan fingerprint density at radius 1 is 1.35 bits per heavy atom. The van der Waals surface area contributed by atoms with E-state index in [1.54, 1.807) is 20.4 Å². The van der Waals surface area contributed by atoms with Gasteiger partial charge in [-0.05, 0) is 12.1 Å². The van der Waals surface area contributed by atoms with E-state index >= 15 is 0 Å². The summed E-state index contributed by atoms with van der Waals surface area (Å²) in [5, 5.41) is 0. The zero-order valence-electron chi connectivity index (χ0n) is 12.1. The van der Waals surface area contributed by atoms with E-state index in [-0.39, 0.29) is 11.8 Å². The lowest BCUT2D eigenvalue weighted by Gasteiger charge is -2.16. The zero-order valence-corrected chi connectivity index (χ0v) is 12.1. The summed E-state index contributed by atoms with van der Waals surface area (Å²) in [6.07, 6.45) is 2.24. The number of aromatic nitrogens is 1. The predicted molar refractivity (Wildman–Crippen MR) is 75.4 cm³/mol. The van der Waals surface area contributed by atoms with Gasteiger partial charge in [0.05, 0.1) is 19.6 Å². The van der Waals surface area contributed by atoms with Crippen LogP contribution in [0.3, 0.4) is 0 Å². The van der Waals surface area contributed by atoms with E-state index in [2.05, 4.69) is 4.98 Å². The molecule has 2 heterocycles. The van der Waals surface area contributed by atoms with Crippen molar-refractivity contribution in [3.63, 3.8) is 0 Å².